The number of para-hydroxylation sites is 3. The van der Waals surface area contributed by atoms with Gasteiger partial charge in [0.2, 0.25) is 5.91 Å². The number of hydrogen-bond acceptors (Lipinski definition) is 6. The molecular weight excluding hydrogens is 502 g/mol. The lowest BCUT2D eigenvalue weighted by molar-refractivity contribution is -0.113. The van der Waals surface area contributed by atoms with Crippen molar-refractivity contribution in [3.63, 3.8) is 0 Å². The zero-order valence-corrected chi connectivity index (χ0v) is 20.3. The lowest BCUT2D eigenvalue weighted by Crippen LogP contribution is -2.15. The smallest absolute Gasteiger partial charge is 0.234 e. The van der Waals surface area contributed by atoms with Crippen LogP contribution >= 0.6 is 27.7 Å². The molecular formula is C24H22BrN5O2S. The van der Waals surface area contributed by atoms with Crippen molar-refractivity contribution in [2.75, 3.05) is 23.5 Å². The molecule has 9 heteroatoms. The molecule has 33 heavy (non-hydrogen) atoms. The first-order valence-corrected chi connectivity index (χ1v) is 12.0. The number of carbonyl (C=O) groups is 1. The first-order chi connectivity index (χ1) is 16.1. The van der Waals surface area contributed by atoms with Crippen LogP contribution in [0.3, 0.4) is 0 Å². The summed E-state index contributed by atoms with van der Waals surface area (Å²) in [5.74, 6) is 1.57. The zero-order chi connectivity index (χ0) is 23.0. The number of nitrogens with one attached hydrogen (secondary N) is 2. The van der Waals surface area contributed by atoms with E-state index in [-0.39, 0.29) is 11.7 Å². The fourth-order valence-corrected chi connectivity index (χ4v) is 4.37. The Bertz CT molecular complexity index is 1230. The molecule has 0 spiro atoms. The van der Waals surface area contributed by atoms with Gasteiger partial charge >= 0.3 is 0 Å². The molecule has 0 saturated carbocycles. The minimum atomic E-state index is -0.116. The minimum Gasteiger partial charge on any atom is -0.495 e. The van der Waals surface area contributed by atoms with Gasteiger partial charge in [-0.25, -0.2) is 0 Å². The van der Waals surface area contributed by atoms with Crippen LogP contribution in [0.2, 0.25) is 0 Å². The first kappa shape index (κ1) is 22.9. The van der Waals surface area contributed by atoms with Crippen molar-refractivity contribution in [1.29, 1.82) is 0 Å². The van der Waals surface area contributed by atoms with Gasteiger partial charge in [0, 0.05) is 15.8 Å². The predicted octanol–water partition coefficient (Wildman–Crippen LogP) is 5.38. The number of hydrogen-bond donors (Lipinski definition) is 2. The van der Waals surface area contributed by atoms with Gasteiger partial charge in [0.25, 0.3) is 0 Å². The van der Waals surface area contributed by atoms with Gasteiger partial charge < -0.3 is 15.4 Å². The highest BCUT2D eigenvalue weighted by Crippen LogP contribution is 2.26. The molecule has 2 N–H and O–H groups in total. The Hall–Kier alpha value is -3.30. The van der Waals surface area contributed by atoms with Crippen LogP contribution in [0.4, 0.5) is 11.4 Å². The molecule has 0 bridgehead atoms. The molecule has 0 fully saturated rings. The lowest BCUT2D eigenvalue weighted by Gasteiger charge is -2.13. The van der Waals surface area contributed by atoms with Gasteiger partial charge in [0.05, 0.1) is 25.1 Å². The molecule has 7 nitrogen and oxygen atoms in total. The topological polar surface area (TPSA) is 81.1 Å². The van der Waals surface area contributed by atoms with E-state index in [2.05, 4.69) is 36.8 Å². The molecule has 1 amide bonds. The Morgan fingerprint density at radius 2 is 1.82 bits per heavy atom. The third kappa shape index (κ3) is 5.94. The number of aromatic nitrogens is 3. The average molecular weight is 524 g/mol. The Kier molecular flexibility index (Phi) is 7.64. The standard InChI is InChI=1S/C24H22BrN5O2S/c1-32-21-13-6-5-12-20(21)26-15-22-28-29-24(30(22)19-10-3-2-4-11-19)33-16-23(31)27-18-9-7-8-17(25)14-18/h2-14,26H,15-16H2,1H3,(H,27,31). The summed E-state index contributed by atoms with van der Waals surface area (Å²) in [7, 11) is 1.64. The van der Waals surface area contributed by atoms with Gasteiger partial charge in [0.1, 0.15) is 5.75 Å². The van der Waals surface area contributed by atoms with Gasteiger partial charge in [0.15, 0.2) is 11.0 Å². The third-order valence-electron chi connectivity index (χ3n) is 4.70. The Morgan fingerprint density at radius 3 is 2.61 bits per heavy atom. The largest absolute Gasteiger partial charge is 0.495 e. The molecule has 4 aromatic rings. The van der Waals surface area contributed by atoms with E-state index in [1.807, 2.05) is 83.4 Å². The van der Waals surface area contributed by atoms with Gasteiger partial charge in [-0.2, -0.15) is 0 Å². The van der Waals surface area contributed by atoms with E-state index in [9.17, 15) is 4.79 Å². The highest BCUT2D eigenvalue weighted by atomic mass is 79.9. The van der Waals surface area contributed by atoms with Crippen LogP contribution in [-0.2, 0) is 11.3 Å². The van der Waals surface area contributed by atoms with Gasteiger partial charge in [-0.1, -0.05) is 64.1 Å². The second kappa shape index (κ2) is 11.0. The van der Waals surface area contributed by atoms with Crippen molar-refractivity contribution in [2.45, 2.75) is 11.7 Å². The second-order valence-electron chi connectivity index (χ2n) is 6.97. The van der Waals surface area contributed by atoms with Gasteiger partial charge in [-0.05, 0) is 42.5 Å². The number of anilines is 2. The van der Waals surface area contributed by atoms with E-state index in [4.69, 9.17) is 4.74 Å². The molecule has 0 saturated heterocycles. The van der Waals surface area contributed by atoms with Crippen molar-refractivity contribution in [3.05, 3.63) is 89.2 Å². The van der Waals surface area contributed by atoms with E-state index < -0.39 is 0 Å². The molecule has 3 aromatic carbocycles. The highest BCUT2D eigenvalue weighted by Gasteiger charge is 2.16. The van der Waals surface area contributed by atoms with Crippen LogP contribution in [0.1, 0.15) is 5.82 Å². The molecule has 1 heterocycles. The van der Waals surface area contributed by atoms with Crippen LogP contribution in [0.15, 0.2) is 88.5 Å². The maximum atomic E-state index is 12.5. The van der Waals surface area contributed by atoms with Crippen molar-refractivity contribution in [3.8, 4) is 11.4 Å². The summed E-state index contributed by atoms with van der Waals surface area (Å²) in [6.45, 7) is 0.438. The number of amides is 1. The second-order valence-corrected chi connectivity index (χ2v) is 8.83. The van der Waals surface area contributed by atoms with Gasteiger partial charge in [-0.15, -0.1) is 10.2 Å². The summed E-state index contributed by atoms with van der Waals surface area (Å²) in [6, 6.07) is 25.1. The maximum Gasteiger partial charge on any atom is 0.234 e. The molecule has 168 valence electrons. The molecule has 0 atom stereocenters. The fraction of sp³-hybridized carbons (Fsp3) is 0.125. The Balaban J connectivity index is 1.50. The summed E-state index contributed by atoms with van der Waals surface area (Å²) in [5.41, 5.74) is 2.53. The fourth-order valence-electron chi connectivity index (χ4n) is 3.20. The van der Waals surface area contributed by atoms with E-state index in [0.717, 1.165) is 33.1 Å². The average Bonchev–Trinajstić information content (AvgIpc) is 3.25. The molecule has 0 unspecified atom stereocenters. The first-order valence-electron chi connectivity index (χ1n) is 10.2. The van der Waals surface area contributed by atoms with E-state index >= 15 is 0 Å². The van der Waals surface area contributed by atoms with Crippen molar-refractivity contribution < 1.29 is 9.53 Å². The highest BCUT2D eigenvalue weighted by molar-refractivity contribution is 9.10. The monoisotopic (exact) mass is 523 g/mol. The van der Waals surface area contributed by atoms with Crippen molar-refractivity contribution >= 4 is 45.0 Å². The number of methoxy groups -OCH3 is 1. The molecule has 1 aromatic heterocycles. The molecule has 0 aliphatic carbocycles. The predicted molar refractivity (Wildman–Crippen MR) is 135 cm³/mol. The van der Waals surface area contributed by atoms with Crippen LogP contribution < -0.4 is 15.4 Å². The lowest BCUT2D eigenvalue weighted by atomic mass is 10.3. The number of nitrogens with zero attached hydrogens (tertiary/aromatic N) is 3. The summed E-state index contributed by atoms with van der Waals surface area (Å²) in [6.07, 6.45) is 0. The number of thioether (sulfide) groups is 1. The Morgan fingerprint density at radius 1 is 1.03 bits per heavy atom. The van der Waals surface area contributed by atoms with Crippen LogP contribution in [-0.4, -0.2) is 33.5 Å². The number of rotatable bonds is 9. The minimum absolute atomic E-state index is 0.116. The summed E-state index contributed by atoms with van der Waals surface area (Å²) in [4.78, 5) is 12.5. The van der Waals surface area contributed by atoms with E-state index in [1.165, 1.54) is 11.8 Å². The van der Waals surface area contributed by atoms with Crippen LogP contribution in [0, 0.1) is 0 Å². The quantitative estimate of drug-likeness (QED) is 0.286. The van der Waals surface area contributed by atoms with Crippen LogP contribution in [0.5, 0.6) is 5.75 Å². The van der Waals surface area contributed by atoms with Crippen molar-refractivity contribution in [1.82, 2.24) is 14.8 Å². The zero-order valence-electron chi connectivity index (χ0n) is 17.9. The molecule has 0 aliphatic rings. The third-order valence-corrected chi connectivity index (χ3v) is 6.12. The van der Waals surface area contributed by atoms with E-state index in [1.54, 1.807) is 7.11 Å². The summed E-state index contributed by atoms with van der Waals surface area (Å²) in [5, 5.41) is 15.7. The summed E-state index contributed by atoms with van der Waals surface area (Å²) >= 11 is 4.75. The van der Waals surface area contributed by atoms with Gasteiger partial charge in [-0.3, -0.25) is 9.36 Å². The number of carbonyl (C=O) groups excluding carboxylic acids is 1. The number of benzene rings is 3. The van der Waals surface area contributed by atoms with E-state index in [0.29, 0.717) is 11.7 Å². The molecule has 0 aliphatic heterocycles. The normalized spacial score (nSPS) is 10.6. The van der Waals surface area contributed by atoms with Crippen molar-refractivity contribution in [2.24, 2.45) is 0 Å². The SMILES string of the molecule is COc1ccccc1NCc1nnc(SCC(=O)Nc2cccc(Br)c2)n1-c1ccccc1. The summed E-state index contributed by atoms with van der Waals surface area (Å²) < 4.78 is 8.28. The maximum absolute atomic E-state index is 12.5. The molecule has 4 rings (SSSR count). The number of ether oxygens (including phenoxy) is 1. The Labute approximate surface area is 204 Å². The molecule has 0 radical (unpaired) electrons. The number of halogens is 1. The van der Waals surface area contributed by atoms with Crippen LogP contribution in [0.25, 0.3) is 5.69 Å².